The van der Waals surface area contributed by atoms with Crippen molar-refractivity contribution in [1.29, 1.82) is 0 Å². The largest absolute Gasteiger partial charge is 0.494 e. The fourth-order valence-electron chi connectivity index (χ4n) is 9.42. The first-order valence-corrected chi connectivity index (χ1v) is 22.8. The lowest BCUT2D eigenvalue weighted by Gasteiger charge is -2.49. The van der Waals surface area contributed by atoms with Crippen LogP contribution in [0.15, 0.2) is 85.2 Å². The molecule has 354 valence electrons. The van der Waals surface area contributed by atoms with Gasteiger partial charge >= 0.3 is 0 Å². The fraction of sp³-hybridized carbons (Fsp3) is 0.449. The minimum Gasteiger partial charge on any atom is -0.494 e. The van der Waals surface area contributed by atoms with Crippen LogP contribution in [0.25, 0.3) is 22.6 Å². The van der Waals surface area contributed by atoms with Gasteiger partial charge in [-0.25, -0.2) is 4.98 Å². The minimum atomic E-state index is -1.00. The quantitative estimate of drug-likeness (QED) is 0.119. The van der Waals surface area contributed by atoms with E-state index in [1.54, 1.807) is 48.5 Å². The second kappa shape index (κ2) is 19.3. The molecule has 5 N–H and O–H groups in total. The number of anilines is 2. The first-order valence-electron chi connectivity index (χ1n) is 22.8. The van der Waals surface area contributed by atoms with E-state index in [4.69, 9.17) is 9.47 Å². The molecule has 2 aromatic carbocycles. The molecular formula is C49H61N11O7. The van der Waals surface area contributed by atoms with Crippen LogP contribution in [0.3, 0.4) is 0 Å². The van der Waals surface area contributed by atoms with E-state index in [0.717, 1.165) is 22.5 Å². The van der Waals surface area contributed by atoms with E-state index in [1.807, 2.05) is 90.3 Å². The molecule has 3 aliphatic heterocycles. The Morgan fingerprint density at radius 1 is 0.940 bits per heavy atom. The number of amides is 4. The van der Waals surface area contributed by atoms with Gasteiger partial charge in [0.15, 0.2) is 0 Å². The van der Waals surface area contributed by atoms with E-state index < -0.39 is 47.1 Å². The number of H-pyrrole nitrogens is 1. The Hall–Kier alpha value is -6.63. The highest BCUT2D eigenvalue weighted by atomic mass is 16.5. The Labute approximate surface area is 390 Å². The highest BCUT2D eigenvalue weighted by Crippen LogP contribution is 2.37. The molecule has 3 fully saturated rings. The van der Waals surface area contributed by atoms with Crippen LogP contribution >= 0.6 is 0 Å². The third-order valence-corrected chi connectivity index (χ3v) is 13.1. The minimum absolute atomic E-state index is 0.0299. The normalized spacial score (nSPS) is 20.6. The molecule has 5 atom stereocenters. The van der Waals surface area contributed by atoms with Crippen LogP contribution in [-0.4, -0.2) is 140 Å². The number of nitrogens with one attached hydrogen (secondary N) is 4. The molecule has 1 spiro atoms. The molecule has 67 heavy (non-hydrogen) atoms. The van der Waals surface area contributed by atoms with Crippen molar-refractivity contribution in [2.24, 2.45) is 12.5 Å². The standard InChI is InChI=1S/C49H61N11O7/c1-30(31-11-13-32(14-12-31)39-18-22-51-58(39)6)52-45(63)40-26-34(61)27-60(40)47(65)43(48(2,3)4)55-46(64)42-28-57(5)29-49(67-42)19-23-59(24-20-49)33-15-16-37(41(25-33)66-7)54-44(62)38-10-8-9-35(53-38)36-17-21-50-56-36/h8-18,21-22,25,30,34,40,42-43,61H,19-20,23-24,26-29H2,1-7H3,(H,50,56)(H,52,63)(H,54,62)(H,55,64)/t30-,34+,40-,42-,43+/m0/s1. The summed E-state index contributed by atoms with van der Waals surface area (Å²) in [5.74, 6) is -1.10. The summed E-state index contributed by atoms with van der Waals surface area (Å²) in [7, 11) is 5.41. The molecule has 0 saturated carbocycles. The molecule has 4 amide bonds. The van der Waals surface area contributed by atoms with Gasteiger partial charge in [0.2, 0.25) is 11.8 Å². The topological polar surface area (TPSA) is 212 Å². The monoisotopic (exact) mass is 915 g/mol. The number of likely N-dealkylation sites (N-methyl/N-ethyl adjacent to an activating group) is 1. The van der Waals surface area contributed by atoms with Crippen molar-refractivity contribution < 1.29 is 33.8 Å². The number of methoxy groups -OCH3 is 1. The highest BCUT2D eigenvalue weighted by molar-refractivity contribution is 6.04. The number of aromatic amines is 1. The Kier molecular flexibility index (Phi) is 13.5. The molecule has 6 heterocycles. The van der Waals surface area contributed by atoms with E-state index in [1.165, 1.54) is 4.90 Å². The van der Waals surface area contributed by atoms with Gasteiger partial charge in [-0.2, -0.15) is 10.2 Å². The van der Waals surface area contributed by atoms with Gasteiger partial charge < -0.3 is 45.2 Å². The van der Waals surface area contributed by atoms with Gasteiger partial charge in [-0.15, -0.1) is 0 Å². The summed E-state index contributed by atoms with van der Waals surface area (Å²) < 4.78 is 14.2. The number of hydrogen-bond acceptors (Lipinski definition) is 12. The van der Waals surface area contributed by atoms with Crippen molar-refractivity contribution in [2.45, 2.75) is 82.9 Å². The maximum atomic E-state index is 14.5. The molecule has 18 nitrogen and oxygen atoms in total. The molecule has 3 aromatic heterocycles. The molecule has 0 bridgehead atoms. The lowest BCUT2D eigenvalue weighted by atomic mass is 9.85. The van der Waals surface area contributed by atoms with Gasteiger partial charge in [0, 0.05) is 70.3 Å². The zero-order valence-corrected chi connectivity index (χ0v) is 39.2. The Balaban J connectivity index is 0.884. The SMILES string of the molecule is COc1cc(N2CCC3(CC2)CN(C)C[C@@H](C(=O)N[C@H](C(=O)N2C[C@H](O)C[C@H]2C(=O)N[C@@H](C)c2ccc(-c4ccnn4C)cc2)C(C)(C)C)O3)ccc1NC(=O)c1cccc(-c2ccn[nH]2)n1. The molecular weight excluding hydrogens is 855 g/mol. The number of piperidine rings is 1. The van der Waals surface area contributed by atoms with Gasteiger partial charge in [0.25, 0.3) is 11.8 Å². The number of aliphatic hydroxyl groups excluding tert-OH is 1. The lowest BCUT2D eigenvalue weighted by molar-refractivity contribution is -0.176. The summed E-state index contributed by atoms with van der Waals surface area (Å²) in [6, 6.07) is 20.1. The number of β-amino-alcohol motifs (C(OH)–C–C–N with tert-alkyl or cyclic N) is 1. The average molecular weight is 916 g/mol. The second-order valence-electron chi connectivity index (χ2n) is 19.1. The molecule has 8 rings (SSSR count). The van der Waals surface area contributed by atoms with Crippen LogP contribution in [0, 0.1) is 5.41 Å². The van der Waals surface area contributed by atoms with E-state index in [9.17, 15) is 24.3 Å². The van der Waals surface area contributed by atoms with Crippen molar-refractivity contribution in [2.75, 3.05) is 57.1 Å². The number of aryl methyl sites for hydroxylation is 1. The van der Waals surface area contributed by atoms with Crippen molar-refractivity contribution in [1.82, 2.24) is 45.4 Å². The predicted octanol–water partition coefficient (Wildman–Crippen LogP) is 4.17. The summed E-state index contributed by atoms with van der Waals surface area (Å²) in [6.45, 7) is 9.71. The number of nitrogens with zero attached hydrogens (tertiary/aromatic N) is 7. The molecule has 18 heteroatoms. The number of likely N-dealkylation sites (tertiary alicyclic amines) is 1. The number of hydrogen-bond donors (Lipinski definition) is 5. The van der Waals surface area contributed by atoms with Crippen molar-refractivity contribution in [3.05, 3.63) is 96.4 Å². The second-order valence-corrected chi connectivity index (χ2v) is 19.1. The Bertz CT molecular complexity index is 2570. The number of carbonyl (C=O) groups excluding carboxylic acids is 4. The van der Waals surface area contributed by atoms with Crippen LogP contribution in [0.2, 0.25) is 0 Å². The van der Waals surface area contributed by atoms with E-state index in [-0.39, 0.29) is 36.5 Å². The van der Waals surface area contributed by atoms with Gasteiger partial charge in [-0.3, -0.25) is 29.0 Å². The van der Waals surface area contributed by atoms with Crippen molar-refractivity contribution in [3.8, 4) is 28.4 Å². The lowest BCUT2D eigenvalue weighted by Crippen LogP contribution is -2.64. The van der Waals surface area contributed by atoms with Gasteiger partial charge in [-0.05, 0) is 79.8 Å². The summed E-state index contributed by atoms with van der Waals surface area (Å²) in [5, 5.41) is 30.9. The Morgan fingerprint density at radius 2 is 1.70 bits per heavy atom. The van der Waals surface area contributed by atoms with Crippen LogP contribution < -0.4 is 25.6 Å². The zero-order valence-electron chi connectivity index (χ0n) is 39.2. The summed E-state index contributed by atoms with van der Waals surface area (Å²) in [4.78, 5) is 66.1. The van der Waals surface area contributed by atoms with Gasteiger partial charge in [0.05, 0.1) is 47.6 Å². The number of morpholine rings is 1. The zero-order chi connectivity index (χ0) is 47.6. The van der Waals surface area contributed by atoms with Crippen LogP contribution in [0.4, 0.5) is 11.4 Å². The third-order valence-electron chi connectivity index (χ3n) is 13.1. The first kappa shape index (κ1) is 46.9. The number of carbonyl (C=O) groups is 4. The predicted molar refractivity (Wildman–Crippen MR) is 252 cm³/mol. The summed E-state index contributed by atoms with van der Waals surface area (Å²) >= 11 is 0. The first-order chi connectivity index (χ1) is 32.0. The molecule has 0 aliphatic carbocycles. The van der Waals surface area contributed by atoms with Gasteiger partial charge in [-0.1, -0.05) is 51.1 Å². The van der Waals surface area contributed by atoms with Crippen molar-refractivity contribution in [3.63, 3.8) is 0 Å². The molecule has 3 aliphatic rings. The fourth-order valence-corrected chi connectivity index (χ4v) is 9.42. The van der Waals surface area contributed by atoms with E-state index in [2.05, 4.69) is 46.0 Å². The number of rotatable bonds is 12. The number of ether oxygens (including phenoxy) is 2. The number of benzene rings is 2. The van der Waals surface area contributed by atoms with Crippen LogP contribution in [0.1, 0.15) is 69.1 Å². The number of aromatic nitrogens is 5. The third kappa shape index (κ3) is 10.4. The molecule has 0 unspecified atom stereocenters. The summed E-state index contributed by atoms with van der Waals surface area (Å²) in [5.41, 5.74) is 4.46. The maximum absolute atomic E-state index is 14.5. The summed E-state index contributed by atoms with van der Waals surface area (Å²) in [6.07, 6.45) is 2.97. The Morgan fingerprint density at radius 3 is 2.37 bits per heavy atom. The molecule has 5 aromatic rings. The maximum Gasteiger partial charge on any atom is 0.274 e. The average Bonchev–Trinajstić information content (AvgIpc) is 4.10. The smallest absolute Gasteiger partial charge is 0.274 e. The molecule has 3 saturated heterocycles. The molecule has 0 radical (unpaired) electrons. The highest BCUT2D eigenvalue weighted by Gasteiger charge is 2.48. The number of aliphatic hydroxyl groups is 1. The van der Waals surface area contributed by atoms with E-state index >= 15 is 0 Å². The van der Waals surface area contributed by atoms with Crippen LogP contribution in [-0.2, 0) is 26.2 Å². The van der Waals surface area contributed by atoms with Crippen molar-refractivity contribution >= 4 is 35.0 Å². The number of pyridine rings is 1. The van der Waals surface area contributed by atoms with Gasteiger partial charge in [0.1, 0.15) is 29.6 Å². The van der Waals surface area contributed by atoms with E-state index in [0.29, 0.717) is 61.8 Å². The van der Waals surface area contributed by atoms with Crippen LogP contribution in [0.5, 0.6) is 5.75 Å².